The molecule has 2 unspecified atom stereocenters. The molecule has 5 heterocycles. The third kappa shape index (κ3) is 3.94. The number of carbonyl (C=O) groups is 2. The molecular formula is C31H35N5O7S. The van der Waals surface area contributed by atoms with Gasteiger partial charge in [0.1, 0.15) is 11.8 Å². The summed E-state index contributed by atoms with van der Waals surface area (Å²) in [5.41, 5.74) is 11.0. The van der Waals surface area contributed by atoms with Crippen LogP contribution in [0.2, 0.25) is 0 Å². The van der Waals surface area contributed by atoms with E-state index in [1.54, 1.807) is 7.11 Å². The van der Waals surface area contributed by atoms with Crippen LogP contribution in [0.3, 0.4) is 0 Å². The number of carbonyl (C=O) groups excluding carboxylic acids is 2. The van der Waals surface area contributed by atoms with Crippen LogP contribution in [0.25, 0.3) is 0 Å². The van der Waals surface area contributed by atoms with Crippen molar-refractivity contribution in [1.82, 2.24) is 15.1 Å². The van der Waals surface area contributed by atoms with Gasteiger partial charge in [0.15, 0.2) is 23.0 Å². The molecule has 12 nitrogen and oxygen atoms in total. The number of nitrogens with two attached hydrogens (primary N) is 1. The summed E-state index contributed by atoms with van der Waals surface area (Å²) in [6.45, 7) is 5.24. The summed E-state index contributed by atoms with van der Waals surface area (Å²) < 4.78 is 23.6. The number of thioether (sulfide) groups is 1. The number of nitriles is 1. The summed E-state index contributed by atoms with van der Waals surface area (Å²) in [4.78, 5) is 30.0. The van der Waals surface area contributed by atoms with Gasteiger partial charge < -0.3 is 35.1 Å². The Labute approximate surface area is 259 Å². The highest BCUT2D eigenvalue weighted by Gasteiger charge is 2.60. The van der Waals surface area contributed by atoms with E-state index in [0.29, 0.717) is 35.0 Å². The number of hydrogen-bond donors (Lipinski definition) is 3. The summed E-state index contributed by atoms with van der Waals surface area (Å²) in [6, 6.07) is 1.76. The fourth-order valence-electron chi connectivity index (χ4n) is 8.09. The van der Waals surface area contributed by atoms with Gasteiger partial charge in [-0.25, -0.2) is 0 Å². The number of piperazine rings is 1. The number of amides is 1. The minimum absolute atomic E-state index is 0.00656. The lowest BCUT2D eigenvalue weighted by Gasteiger charge is -2.62. The van der Waals surface area contributed by atoms with E-state index in [1.165, 1.54) is 18.7 Å². The number of phenolic OH excluding ortho intramolecular Hbond substituents is 1. The van der Waals surface area contributed by atoms with Gasteiger partial charge in [-0.2, -0.15) is 5.26 Å². The van der Waals surface area contributed by atoms with Crippen LogP contribution < -0.4 is 30.0 Å². The monoisotopic (exact) mass is 621 g/mol. The molecule has 2 aromatic rings. The Bertz CT molecular complexity index is 1640. The lowest BCUT2D eigenvalue weighted by atomic mass is 9.71. The number of ether oxygens (including phenoxy) is 4. The molecule has 232 valence electrons. The quantitative estimate of drug-likeness (QED) is 0.332. The van der Waals surface area contributed by atoms with Crippen molar-refractivity contribution in [1.29, 1.82) is 5.26 Å². The second-order valence-electron chi connectivity index (χ2n) is 12.1. The average Bonchev–Trinajstić information content (AvgIpc) is 3.47. The molecule has 0 saturated carbocycles. The maximum atomic E-state index is 13.1. The Morgan fingerprint density at radius 1 is 1.23 bits per heavy atom. The zero-order chi connectivity index (χ0) is 31.2. The van der Waals surface area contributed by atoms with Gasteiger partial charge in [-0.1, -0.05) is 6.07 Å². The molecule has 4 bridgehead atoms. The number of methoxy groups -OCH3 is 1. The van der Waals surface area contributed by atoms with Gasteiger partial charge >= 0.3 is 5.97 Å². The highest BCUT2D eigenvalue weighted by Crippen LogP contribution is 2.63. The van der Waals surface area contributed by atoms with Gasteiger partial charge in [-0.05, 0) is 38.4 Å². The number of likely N-dealkylation sites (N-methyl/N-ethyl adjacent to an activating group) is 1. The number of phenols is 1. The predicted molar refractivity (Wildman–Crippen MR) is 160 cm³/mol. The van der Waals surface area contributed by atoms with Crippen LogP contribution in [0, 0.1) is 25.2 Å². The highest BCUT2D eigenvalue weighted by atomic mass is 32.2. The van der Waals surface area contributed by atoms with E-state index in [9.17, 15) is 20.0 Å². The summed E-state index contributed by atoms with van der Waals surface area (Å²) >= 11 is 1.48. The van der Waals surface area contributed by atoms with E-state index in [1.807, 2.05) is 27.0 Å². The van der Waals surface area contributed by atoms with Gasteiger partial charge in [0.25, 0.3) is 0 Å². The number of nitrogens with one attached hydrogen (secondary N) is 1. The van der Waals surface area contributed by atoms with E-state index in [4.69, 9.17) is 24.7 Å². The van der Waals surface area contributed by atoms with Crippen LogP contribution in [0.1, 0.15) is 57.6 Å². The molecule has 2 saturated heterocycles. The Kier molecular flexibility index (Phi) is 6.89. The molecule has 44 heavy (non-hydrogen) atoms. The number of fused-ring (bicyclic) bond motifs is 9. The second kappa shape index (κ2) is 10.4. The number of aryl methyl sites for hydroxylation is 1. The summed E-state index contributed by atoms with van der Waals surface area (Å²) in [5.74, 6) is 1.40. The van der Waals surface area contributed by atoms with Crippen LogP contribution in [-0.4, -0.2) is 84.2 Å². The van der Waals surface area contributed by atoms with Crippen LogP contribution >= 0.6 is 11.8 Å². The van der Waals surface area contributed by atoms with Crippen molar-refractivity contribution in [3.05, 3.63) is 39.4 Å². The van der Waals surface area contributed by atoms with Gasteiger partial charge in [0, 0.05) is 53.6 Å². The molecule has 7 rings (SSSR count). The number of aromatic hydroxyl groups is 1. The molecule has 7 atom stereocenters. The Morgan fingerprint density at radius 3 is 2.68 bits per heavy atom. The van der Waals surface area contributed by atoms with Crippen LogP contribution in [0.15, 0.2) is 6.07 Å². The van der Waals surface area contributed by atoms with Crippen molar-refractivity contribution < 1.29 is 33.6 Å². The topological polar surface area (TPSA) is 160 Å². The van der Waals surface area contributed by atoms with Crippen LogP contribution in [-0.2, 0) is 16.0 Å². The fourth-order valence-corrected chi connectivity index (χ4v) is 9.54. The molecule has 0 spiro atoms. The molecule has 4 N–H and O–H groups in total. The maximum absolute atomic E-state index is 13.1. The third-order valence-corrected chi connectivity index (χ3v) is 11.2. The molecule has 0 aliphatic carbocycles. The van der Waals surface area contributed by atoms with Crippen molar-refractivity contribution >= 4 is 23.6 Å². The minimum atomic E-state index is -0.779. The average molecular weight is 622 g/mol. The summed E-state index contributed by atoms with van der Waals surface area (Å²) in [6.07, 6.45) is 0.543. The molecule has 0 aromatic heterocycles. The van der Waals surface area contributed by atoms with E-state index in [-0.39, 0.29) is 42.8 Å². The minimum Gasteiger partial charge on any atom is -0.504 e. The smallest absolute Gasteiger partial charge is 0.308 e. The third-order valence-electron chi connectivity index (χ3n) is 9.81. The second-order valence-corrected chi connectivity index (χ2v) is 13.3. The molecule has 5 aliphatic heterocycles. The van der Waals surface area contributed by atoms with E-state index >= 15 is 0 Å². The summed E-state index contributed by atoms with van der Waals surface area (Å²) in [7, 11) is 3.54. The number of hydrogen-bond acceptors (Lipinski definition) is 12. The van der Waals surface area contributed by atoms with E-state index < -0.39 is 35.4 Å². The van der Waals surface area contributed by atoms with Crippen molar-refractivity contribution in [3.63, 3.8) is 0 Å². The van der Waals surface area contributed by atoms with Gasteiger partial charge in [-0.3, -0.25) is 19.4 Å². The zero-order valence-corrected chi connectivity index (χ0v) is 26.0. The molecule has 2 fully saturated rings. The van der Waals surface area contributed by atoms with Crippen molar-refractivity contribution in [2.45, 2.75) is 68.7 Å². The SMILES string of the molecule is COc1c(C)cc2c(c1O)[C@@H]1C3[C@@H]4SCC(N)C(=O)NC[C@H](c5c6c(c(C)c(OC(C)=O)c54)OCO6)N3[C@@H](C#N)[C@H](C2)N1C. The number of rotatable bonds is 2. The molecular weight excluding hydrogens is 586 g/mol. The first-order chi connectivity index (χ1) is 21.1. The van der Waals surface area contributed by atoms with Crippen LogP contribution in [0.4, 0.5) is 0 Å². The normalized spacial score (nSPS) is 30.4. The lowest BCUT2D eigenvalue weighted by molar-refractivity contribution is -0.132. The van der Waals surface area contributed by atoms with E-state index in [0.717, 1.165) is 27.8 Å². The molecule has 1 amide bonds. The van der Waals surface area contributed by atoms with Gasteiger partial charge in [-0.15, -0.1) is 11.8 Å². The molecule has 13 heteroatoms. The van der Waals surface area contributed by atoms with Crippen LogP contribution in [0.5, 0.6) is 28.7 Å². The first kappa shape index (κ1) is 29.0. The fraction of sp³-hybridized carbons (Fsp3) is 0.516. The van der Waals surface area contributed by atoms with Crippen molar-refractivity contribution in [3.8, 4) is 34.8 Å². The number of esters is 1. The Balaban J connectivity index is 1.56. The molecule has 5 aliphatic rings. The van der Waals surface area contributed by atoms with Crippen molar-refractivity contribution in [2.75, 3.05) is 33.2 Å². The first-order valence-electron chi connectivity index (χ1n) is 14.7. The standard InChI is InChI=1S/C31H35N5O7S/c1-12-6-15-7-17-18(8-32)36-19-9-34-31(39)16(33)10-44-30(24(36)23(35(17)4)20(15)25(38)26(12)40-5)22-21(19)29-28(41-11-42-29)13(2)27(22)43-14(3)37/h6,16-19,23-24,30,38H,7,9-11,33H2,1-5H3,(H,34,39)/t16?,17-,18-,19+,23+,24?,30+/m0/s1. The molecule has 2 aromatic carbocycles. The largest absolute Gasteiger partial charge is 0.504 e. The predicted octanol–water partition coefficient (Wildman–Crippen LogP) is 2.13. The van der Waals surface area contributed by atoms with Crippen molar-refractivity contribution in [2.24, 2.45) is 5.73 Å². The zero-order valence-electron chi connectivity index (χ0n) is 25.2. The van der Waals surface area contributed by atoms with Gasteiger partial charge in [0.05, 0.1) is 36.6 Å². The summed E-state index contributed by atoms with van der Waals surface area (Å²) in [5, 5.41) is 25.2. The Morgan fingerprint density at radius 2 is 1.98 bits per heavy atom. The van der Waals surface area contributed by atoms with E-state index in [2.05, 4.69) is 21.2 Å². The number of benzene rings is 2. The lowest BCUT2D eigenvalue weighted by Crippen LogP contribution is -2.69. The maximum Gasteiger partial charge on any atom is 0.308 e. The Hall–Kier alpha value is -3.70. The van der Waals surface area contributed by atoms with Gasteiger partial charge in [0.2, 0.25) is 12.7 Å². The number of nitrogens with zero attached hydrogens (tertiary/aromatic N) is 3. The molecule has 0 radical (unpaired) electrons. The first-order valence-corrected chi connectivity index (χ1v) is 15.7. The highest BCUT2D eigenvalue weighted by molar-refractivity contribution is 7.99.